The second-order valence-corrected chi connectivity index (χ2v) is 5.88. The number of ether oxygens (including phenoxy) is 1. The SMILES string of the molecule is Fc1cc(Cl)c(NC2CCOc3ccccc32)c(Br)c1. The Labute approximate surface area is 130 Å². The predicted octanol–water partition coefficient (Wildman–Crippen LogP) is 5.18. The van der Waals surface area contributed by atoms with E-state index < -0.39 is 0 Å². The molecule has 2 aromatic carbocycles. The predicted molar refractivity (Wildman–Crippen MR) is 82.0 cm³/mol. The normalized spacial score (nSPS) is 17.2. The lowest BCUT2D eigenvalue weighted by Gasteiger charge is -2.28. The van der Waals surface area contributed by atoms with Gasteiger partial charge >= 0.3 is 0 Å². The summed E-state index contributed by atoms with van der Waals surface area (Å²) in [5, 5.41) is 3.74. The van der Waals surface area contributed by atoms with Gasteiger partial charge in [-0.2, -0.15) is 0 Å². The van der Waals surface area contributed by atoms with Crippen molar-refractivity contribution in [1.29, 1.82) is 0 Å². The Morgan fingerprint density at radius 1 is 1.30 bits per heavy atom. The van der Waals surface area contributed by atoms with Crippen molar-refractivity contribution in [2.24, 2.45) is 0 Å². The molecule has 1 unspecified atom stereocenters. The molecule has 1 atom stereocenters. The molecule has 0 bridgehead atoms. The summed E-state index contributed by atoms with van der Waals surface area (Å²) in [6.07, 6.45) is 0.831. The fraction of sp³-hybridized carbons (Fsp3) is 0.200. The highest BCUT2D eigenvalue weighted by Crippen LogP contribution is 2.38. The molecule has 1 aliphatic heterocycles. The van der Waals surface area contributed by atoms with Crippen molar-refractivity contribution in [1.82, 2.24) is 0 Å². The summed E-state index contributed by atoms with van der Waals surface area (Å²) in [5.74, 6) is 0.519. The average Bonchev–Trinajstić information content (AvgIpc) is 2.43. The molecule has 1 aliphatic rings. The van der Waals surface area contributed by atoms with Crippen LogP contribution in [0.1, 0.15) is 18.0 Å². The van der Waals surface area contributed by atoms with Crippen LogP contribution < -0.4 is 10.1 Å². The van der Waals surface area contributed by atoms with E-state index >= 15 is 0 Å². The third kappa shape index (κ3) is 2.63. The highest BCUT2D eigenvalue weighted by atomic mass is 79.9. The topological polar surface area (TPSA) is 21.3 Å². The highest BCUT2D eigenvalue weighted by Gasteiger charge is 2.22. The number of hydrogen-bond donors (Lipinski definition) is 1. The molecule has 0 saturated heterocycles. The van der Waals surface area contributed by atoms with Gasteiger partial charge in [0.05, 0.1) is 23.4 Å². The van der Waals surface area contributed by atoms with Gasteiger partial charge in [0.25, 0.3) is 0 Å². The van der Waals surface area contributed by atoms with Crippen LogP contribution in [0.3, 0.4) is 0 Å². The second-order valence-electron chi connectivity index (χ2n) is 4.62. The van der Waals surface area contributed by atoms with Crippen molar-refractivity contribution in [3.05, 3.63) is 57.3 Å². The molecule has 0 spiro atoms. The lowest BCUT2D eigenvalue weighted by atomic mass is 10.0. The van der Waals surface area contributed by atoms with Crippen LogP contribution in [0.5, 0.6) is 5.75 Å². The van der Waals surface area contributed by atoms with Crippen LogP contribution in [0.4, 0.5) is 10.1 Å². The molecule has 0 fully saturated rings. The van der Waals surface area contributed by atoms with E-state index in [1.54, 1.807) is 0 Å². The Morgan fingerprint density at radius 3 is 2.90 bits per heavy atom. The minimum absolute atomic E-state index is 0.0965. The van der Waals surface area contributed by atoms with Crippen molar-refractivity contribution in [3.8, 4) is 5.75 Å². The van der Waals surface area contributed by atoms with E-state index in [-0.39, 0.29) is 11.9 Å². The van der Waals surface area contributed by atoms with E-state index in [0.717, 1.165) is 17.7 Å². The molecule has 2 aromatic rings. The molecule has 104 valence electrons. The standard InChI is InChI=1S/C15H12BrClFNO/c16-11-7-9(18)8-12(17)15(11)19-13-5-6-20-14-4-2-1-3-10(13)14/h1-4,7-8,13,19H,5-6H2. The number of nitrogens with one attached hydrogen (secondary N) is 1. The summed E-state index contributed by atoms with van der Waals surface area (Å²) in [4.78, 5) is 0. The smallest absolute Gasteiger partial charge is 0.125 e. The van der Waals surface area contributed by atoms with Crippen LogP contribution in [0.2, 0.25) is 5.02 Å². The monoisotopic (exact) mass is 355 g/mol. The first-order valence-electron chi connectivity index (χ1n) is 6.28. The zero-order valence-electron chi connectivity index (χ0n) is 10.5. The van der Waals surface area contributed by atoms with Crippen molar-refractivity contribution in [2.75, 3.05) is 11.9 Å². The molecular formula is C15H12BrClFNO. The Kier molecular flexibility index (Phi) is 3.85. The Bertz CT molecular complexity index is 627. The van der Waals surface area contributed by atoms with Crippen LogP contribution in [-0.4, -0.2) is 6.61 Å². The van der Waals surface area contributed by atoms with Crippen molar-refractivity contribution >= 4 is 33.2 Å². The molecular weight excluding hydrogens is 345 g/mol. The molecule has 1 heterocycles. The number of para-hydroxylation sites is 1. The highest BCUT2D eigenvalue weighted by molar-refractivity contribution is 9.10. The fourth-order valence-corrected chi connectivity index (χ4v) is 3.27. The quantitative estimate of drug-likeness (QED) is 0.801. The number of halogens is 3. The Hall–Kier alpha value is -1.26. The molecule has 5 heteroatoms. The van der Waals surface area contributed by atoms with Gasteiger partial charge in [0.15, 0.2) is 0 Å². The summed E-state index contributed by atoms with van der Waals surface area (Å²) in [5.41, 5.74) is 1.79. The van der Waals surface area contributed by atoms with Crippen LogP contribution >= 0.6 is 27.5 Å². The van der Waals surface area contributed by atoms with E-state index in [2.05, 4.69) is 21.2 Å². The first-order chi connectivity index (χ1) is 9.65. The summed E-state index contributed by atoms with van der Waals surface area (Å²) >= 11 is 9.46. The number of hydrogen-bond acceptors (Lipinski definition) is 2. The zero-order valence-corrected chi connectivity index (χ0v) is 12.8. The third-order valence-corrected chi connectivity index (χ3v) is 4.21. The van der Waals surface area contributed by atoms with Gasteiger partial charge in [-0.05, 0) is 34.1 Å². The zero-order chi connectivity index (χ0) is 14.1. The molecule has 3 rings (SSSR count). The number of anilines is 1. The van der Waals surface area contributed by atoms with Crippen molar-refractivity contribution < 1.29 is 9.13 Å². The largest absolute Gasteiger partial charge is 0.493 e. The van der Waals surface area contributed by atoms with Crippen molar-refractivity contribution in [3.63, 3.8) is 0 Å². The molecule has 20 heavy (non-hydrogen) atoms. The van der Waals surface area contributed by atoms with Gasteiger partial charge in [-0.3, -0.25) is 0 Å². The number of fused-ring (bicyclic) bond motifs is 1. The molecule has 0 amide bonds. The molecule has 0 aromatic heterocycles. The second kappa shape index (κ2) is 5.62. The molecule has 2 nitrogen and oxygen atoms in total. The van der Waals surface area contributed by atoms with Gasteiger partial charge in [-0.15, -0.1) is 0 Å². The maximum Gasteiger partial charge on any atom is 0.125 e. The maximum atomic E-state index is 13.3. The van der Waals surface area contributed by atoms with Gasteiger partial charge < -0.3 is 10.1 Å². The van der Waals surface area contributed by atoms with Crippen LogP contribution in [0.15, 0.2) is 40.9 Å². The maximum absolute atomic E-state index is 13.3. The summed E-state index contributed by atoms with van der Waals surface area (Å²) in [7, 11) is 0. The third-order valence-electron chi connectivity index (χ3n) is 3.28. The van der Waals surface area contributed by atoms with E-state index in [9.17, 15) is 4.39 Å². The van der Waals surface area contributed by atoms with Gasteiger partial charge in [-0.1, -0.05) is 29.8 Å². The minimum atomic E-state index is -0.361. The van der Waals surface area contributed by atoms with E-state index in [1.165, 1.54) is 12.1 Å². The fourth-order valence-electron chi connectivity index (χ4n) is 2.35. The first-order valence-corrected chi connectivity index (χ1v) is 7.45. The van der Waals surface area contributed by atoms with Gasteiger partial charge in [0.1, 0.15) is 11.6 Å². The summed E-state index contributed by atoms with van der Waals surface area (Å²) in [6.45, 7) is 0.644. The molecule has 0 aliphatic carbocycles. The molecule has 0 saturated carbocycles. The van der Waals surface area contributed by atoms with Crippen LogP contribution in [0, 0.1) is 5.82 Å². The first kappa shape index (κ1) is 13.7. The summed E-state index contributed by atoms with van der Waals surface area (Å²) in [6, 6.07) is 10.7. The molecule has 0 radical (unpaired) electrons. The van der Waals surface area contributed by atoms with E-state index in [1.807, 2.05) is 24.3 Å². The number of rotatable bonds is 2. The van der Waals surface area contributed by atoms with Gasteiger partial charge in [-0.25, -0.2) is 4.39 Å². The summed E-state index contributed by atoms with van der Waals surface area (Å²) < 4.78 is 19.5. The Balaban J connectivity index is 1.94. The lowest BCUT2D eigenvalue weighted by Crippen LogP contribution is -2.20. The van der Waals surface area contributed by atoms with E-state index in [0.29, 0.717) is 21.8 Å². The van der Waals surface area contributed by atoms with Crippen LogP contribution in [0.25, 0.3) is 0 Å². The van der Waals surface area contributed by atoms with Crippen LogP contribution in [-0.2, 0) is 0 Å². The minimum Gasteiger partial charge on any atom is -0.493 e. The van der Waals surface area contributed by atoms with Crippen molar-refractivity contribution in [2.45, 2.75) is 12.5 Å². The molecule has 1 N–H and O–H groups in total. The van der Waals surface area contributed by atoms with E-state index in [4.69, 9.17) is 16.3 Å². The number of benzene rings is 2. The Morgan fingerprint density at radius 2 is 2.10 bits per heavy atom. The van der Waals surface area contributed by atoms with Gasteiger partial charge in [0, 0.05) is 16.5 Å². The lowest BCUT2D eigenvalue weighted by molar-refractivity contribution is 0.274. The van der Waals surface area contributed by atoms with Gasteiger partial charge in [0.2, 0.25) is 0 Å². The average molecular weight is 357 g/mol.